The third-order valence-electron chi connectivity index (χ3n) is 11.8. The van der Waals surface area contributed by atoms with E-state index in [1.807, 2.05) is 4.90 Å². The summed E-state index contributed by atoms with van der Waals surface area (Å²) in [5, 5.41) is 3.58. The lowest BCUT2D eigenvalue weighted by Crippen LogP contribution is -2.58. The van der Waals surface area contributed by atoms with Gasteiger partial charge in [0, 0.05) is 55.1 Å². The van der Waals surface area contributed by atoms with E-state index in [2.05, 4.69) is 33.0 Å². The molecule has 11 heteroatoms. The van der Waals surface area contributed by atoms with Crippen LogP contribution in [0.2, 0.25) is 0 Å². The predicted molar refractivity (Wildman–Crippen MR) is 139 cm³/mol. The van der Waals surface area contributed by atoms with Crippen LogP contribution in [0.25, 0.3) is 0 Å². The van der Waals surface area contributed by atoms with E-state index in [1.165, 1.54) is 0 Å². The highest BCUT2D eigenvalue weighted by molar-refractivity contribution is 5.82. The van der Waals surface area contributed by atoms with Crippen molar-refractivity contribution >= 4 is 5.91 Å². The van der Waals surface area contributed by atoms with Gasteiger partial charge in [-0.2, -0.15) is 13.2 Å². The van der Waals surface area contributed by atoms with Gasteiger partial charge in [-0.3, -0.25) is 14.6 Å². The van der Waals surface area contributed by atoms with Crippen molar-refractivity contribution in [3.05, 3.63) is 0 Å². The van der Waals surface area contributed by atoms with E-state index in [-0.39, 0.29) is 48.1 Å². The number of halogens is 3. The largest absolute Gasteiger partial charge is 0.392 e. The molecule has 0 aromatic carbocycles. The molecule has 0 aromatic rings. The van der Waals surface area contributed by atoms with Crippen LogP contribution < -0.4 is 16.2 Å². The molecule has 0 aromatic heterocycles. The van der Waals surface area contributed by atoms with Crippen LogP contribution in [0.1, 0.15) is 57.8 Å². The van der Waals surface area contributed by atoms with Crippen molar-refractivity contribution < 1.29 is 22.7 Å². The molecule has 39 heavy (non-hydrogen) atoms. The molecule has 7 rings (SSSR count). The average Bonchev–Trinajstić information content (AvgIpc) is 3.36. The average molecular weight is 555 g/mol. The molecule has 3 saturated carbocycles. The van der Waals surface area contributed by atoms with Gasteiger partial charge < -0.3 is 15.0 Å². The van der Waals surface area contributed by atoms with Gasteiger partial charge in [-0.1, -0.05) is 6.42 Å². The highest BCUT2D eigenvalue weighted by atomic mass is 19.4. The number of carbonyl (C=O) groups is 1. The van der Waals surface area contributed by atoms with Gasteiger partial charge in [-0.05, 0) is 70.3 Å². The molecule has 8 nitrogen and oxygen atoms in total. The van der Waals surface area contributed by atoms with E-state index in [1.54, 1.807) is 0 Å². The molecule has 220 valence electrons. The van der Waals surface area contributed by atoms with E-state index in [0.29, 0.717) is 12.3 Å². The number of carbonyl (C=O) groups excluding carboxylic acids is 1. The molecule has 7 fully saturated rings. The summed E-state index contributed by atoms with van der Waals surface area (Å²) in [4.78, 5) is 20.4. The molecule has 7 aliphatic rings. The fourth-order valence-electron chi connectivity index (χ4n) is 9.16. The van der Waals surface area contributed by atoms with Crippen molar-refractivity contribution in [2.24, 2.45) is 29.1 Å². The van der Waals surface area contributed by atoms with E-state index in [0.717, 1.165) is 84.5 Å². The molecule has 3 N–H and O–H groups in total. The van der Waals surface area contributed by atoms with Crippen LogP contribution in [-0.4, -0.2) is 104 Å². The summed E-state index contributed by atoms with van der Waals surface area (Å²) in [6.45, 7) is 4.99. The minimum atomic E-state index is -4.26. The maximum atomic E-state index is 14.5. The molecular weight excluding hydrogens is 509 g/mol. The smallest absolute Gasteiger partial charge is 0.380 e. The molecule has 0 bridgehead atoms. The van der Waals surface area contributed by atoms with Gasteiger partial charge >= 0.3 is 6.18 Å². The maximum Gasteiger partial charge on any atom is 0.392 e. The van der Waals surface area contributed by atoms with Crippen LogP contribution in [0.5, 0.6) is 0 Å². The zero-order valence-corrected chi connectivity index (χ0v) is 23.1. The van der Waals surface area contributed by atoms with Gasteiger partial charge in [0.25, 0.3) is 0 Å². The molecule has 4 aliphatic heterocycles. The standard InChI is InChI=1S/C28H45F3N6O2/c1-35-17-33-34-24(35)12-26(15-39-16-26)18-3-2-4-19(9-18)37-13-22-21(25(37)38)10-20(11-23(22)28(29,30)31)36-8-7-32-27(14-36)5-6-27/h18-24,32-34H,2-17H2,1H3. The highest BCUT2D eigenvalue weighted by Crippen LogP contribution is 2.53. The Labute approximate surface area is 229 Å². The van der Waals surface area contributed by atoms with Crippen molar-refractivity contribution in [3.8, 4) is 0 Å². The molecule has 1 spiro atoms. The number of alkyl halides is 3. The Morgan fingerprint density at radius 1 is 1.10 bits per heavy atom. The second kappa shape index (κ2) is 9.80. The highest BCUT2D eigenvalue weighted by Gasteiger charge is 2.60. The van der Waals surface area contributed by atoms with Crippen molar-refractivity contribution in [2.45, 2.75) is 87.8 Å². The third-order valence-corrected chi connectivity index (χ3v) is 11.8. The second-order valence-corrected chi connectivity index (χ2v) is 14.0. The predicted octanol–water partition coefficient (Wildman–Crippen LogP) is 2.13. The van der Waals surface area contributed by atoms with Gasteiger partial charge in [0.2, 0.25) is 5.91 Å². The van der Waals surface area contributed by atoms with Crippen molar-refractivity contribution in [2.75, 3.05) is 53.1 Å². The topological polar surface area (TPSA) is 72.1 Å². The molecule has 0 radical (unpaired) electrons. The molecular formula is C28H45F3N6O2. The van der Waals surface area contributed by atoms with Gasteiger partial charge in [0.05, 0.1) is 32.0 Å². The number of hydrogen-bond donors (Lipinski definition) is 3. The quantitative estimate of drug-likeness (QED) is 0.481. The first-order chi connectivity index (χ1) is 18.7. The maximum absolute atomic E-state index is 14.5. The molecule has 4 heterocycles. The van der Waals surface area contributed by atoms with Gasteiger partial charge in [-0.25, -0.2) is 10.9 Å². The Bertz CT molecular complexity index is 943. The fourth-order valence-corrected chi connectivity index (χ4v) is 9.16. The van der Waals surface area contributed by atoms with Crippen LogP contribution in [0.3, 0.4) is 0 Å². The summed E-state index contributed by atoms with van der Waals surface area (Å²) < 4.78 is 49.2. The number of amides is 1. The number of hydrazine groups is 1. The lowest BCUT2D eigenvalue weighted by atomic mass is 9.64. The first-order valence-corrected chi connectivity index (χ1v) is 15.3. The van der Waals surface area contributed by atoms with Crippen molar-refractivity contribution in [1.82, 2.24) is 30.9 Å². The number of ether oxygens (including phenoxy) is 1. The number of nitrogens with one attached hydrogen (secondary N) is 3. The fraction of sp³-hybridized carbons (Fsp3) is 0.964. The molecule has 7 atom stereocenters. The molecule has 7 unspecified atom stereocenters. The van der Waals surface area contributed by atoms with Crippen molar-refractivity contribution in [1.29, 1.82) is 0 Å². The normalized spacial score (nSPS) is 42.5. The van der Waals surface area contributed by atoms with E-state index in [4.69, 9.17) is 4.74 Å². The first kappa shape index (κ1) is 26.9. The summed E-state index contributed by atoms with van der Waals surface area (Å²) in [6, 6.07) is -0.103. The number of likely N-dealkylation sites (tertiary alicyclic amines) is 1. The van der Waals surface area contributed by atoms with Crippen LogP contribution in [0.4, 0.5) is 13.2 Å². The zero-order valence-electron chi connectivity index (χ0n) is 23.1. The van der Waals surface area contributed by atoms with Crippen LogP contribution in [-0.2, 0) is 9.53 Å². The lowest BCUT2D eigenvalue weighted by Gasteiger charge is -2.52. The first-order valence-electron chi connectivity index (χ1n) is 15.3. The summed E-state index contributed by atoms with van der Waals surface area (Å²) >= 11 is 0. The van der Waals surface area contributed by atoms with Gasteiger partial charge in [0.15, 0.2) is 0 Å². The Morgan fingerprint density at radius 3 is 2.59 bits per heavy atom. The van der Waals surface area contributed by atoms with Crippen molar-refractivity contribution in [3.63, 3.8) is 0 Å². The summed E-state index contributed by atoms with van der Waals surface area (Å²) in [7, 11) is 2.11. The van der Waals surface area contributed by atoms with Crippen LogP contribution >= 0.6 is 0 Å². The van der Waals surface area contributed by atoms with Gasteiger partial charge in [-0.15, -0.1) is 0 Å². The Morgan fingerprint density at radius 2 is 1.92 bits per heavy atom. The Kier molecular flexibility index (Phi) is 6.75. The summed E-state index contributed by atoms with van der Waals surface area (Å²) in [6.07, 6.45) is 3.84. The lowest BCUT2D eigenvalue weighted by molar-refractivity contribution is -0.205. The third kappa shape index (κ3) is 4.82. The van der Waals surface area contributed by atoms with E-state index >= 15 is 0 Å². The zero-order chi connectivity index (χ0) is 27.0. The summed E-state index contributed by atoms with van der Waals surface area (Å²) in [5.41, 5.74) is 6.79. The number of rotatable bonds is 5. The monoisotopic (exact) mass is 554 g/mol. The molecule has 4 saturated heterocycles. The van der Waals surface area contributed by atoms with E-state index < -0.39 is 23.9 Å². The minimum absolute atomic E-state index is 0.00109. The minimum Gasteiger partial charge on any atom is -0.380 e. The Hall–Kier alpha value is -0.980. The SMILES string of the molecule is CN1CNNC1CC1(C2CCCC(N3CC4C(CC(N5CCNC6(CC6)C5)CC4C(F)(F)F)C3=O)C2)COC1. The van der Waals surface area contributed by atoms with Crippen LogP contribution in [0.15, 0.2) is 0 Å². The number of piperazine rings is 1. The number of nitrogens with zero attached hydrogens (tertiary/aromatic N) is 3. The van der Waals surface area contributed by atoms with Gasteiger partial charge in [0.1, 0.15) is 0 Å². The molecule has 1 amide bonds. The summed E-state index contributed by atoms with van der Waals surface area (Å²) in [5.74, 6) is -2.05. The van der Waals surface area contributed by atoms with Crippen LogP contribution in [0, 0.1) is 29.1 Å². The number of fused-ring (bicyclic) bond motifs is 1. The number of hydrogen-bond acceptors (Lipinski definition) is 7. The molecule has 3 aliphatic carbocycles. The van der Waals surface area contributed by atoms with E-state index in [9.17, 15) is 18.0 Å². The Balaban J connectivity index is 1.07. The second-order valence-electron chi connectivity index (χ2n) is 14.0.